The van der Waals surface area contributed by atoms with Gasteiger partial charge < -0.3 is 14.4 Å². The van der Waals surface area contributed by atoms with Crippen molar-refractivity contribution < 1.29 is 27.5 Å². The Labute approximate surface area is 94.0 Å². The lowest BCUT2D eigenvalue weighted by atomic mass is 10.4. The van der Waals surface area contributed by atoms with Crippen LogP contribution in [0.4, 0.5) is 19.2 Å². The molecule has 0 amide bonds. The monoisotopic (exact) mass is 253 g/mol. The molecule has 9 heteroatoms. The van der Waals surface area contributed by atoms with Gasteiger partial charge in [-0.15, -0.1) is 5.10 Å². The first-order chi connectivity index (χ1) is 7.91. The van der Waals surface area contributed by atoms with Crippen LogP contribution in [0.15, 0.2) is 10.8 Å². The molecule has 2 rings (SSSR count). The second kappa shape index (κ2) is 5.51. The van der Waals surface area contributed by atoms with Crippen LogP contribution in [-0.2, 0) is 4.79 Å². The molecule has 0 bridgehead atoms. The Balaban J connectivity index is 0.000000185. The van der Waals surface area contributed by atoms with Gasteiger partial charge in [0.15, 0.2) is 0 Å². The van der Waals surface area contributed by atoms with Crippen LogP contribution in [0.5, 0.6) is 0 Å². The van der Waals surface area contributed by atoms with Gasteiger partial charge in [-0.05, 0) is 12.8 Å². The molecule has 1 aliphatic heterocycles. The number of carboxylic acid groups (broad SMARTS) is 1. The second-order valence-corrected chi connectivity index (χ2v) is 3.22. The highest BCUT2D eigenvalue weighted by Crippen LogP contribution is 2.15. The Morgan fingerprint density at radius 1 is 1.41 bits per heavy atom. The average Bonchev–Trinajstić information content (AvgIpc) is 2.90. The molecule has 1 aliphatic rings. The van der Waals surface area contributed by atoms with Crippen LogP contribution in [-0.4, -0.2) is 40.5 Å². The third-order valence-electron chi connectivity index (χ3n) is 1.97. The molecule has 1 fully saturated rings. The lowest BCUT2D eigenvalue weighted by Crippen LogP contribution is -2.21. The zero-order valence-corrected chi connectivity index (χ0v) is 8.65. The highest BCUT2D eigenvalue weighted by molar-refractivity contribution is 5.73. The lowest BCUT2D eigenvalue weighted by molar-refractivity contribution is -0.192. The third kappa shape index (κ3) is 4.29. The quantitative estimate of drug-likeness (QED) is 0.812. The van der Waals surface area contributed by atoms with Crippen LogP contribution in [0.3, 0.4) is 0 Å². The number of aliphatic carboxylic acids is 1. The summed E-state index contributed by atoms with van der Waals surface area (Å²) < 4.78 is 36.8. The van der Waals surface area contributed by atoms with Crippen molar-refractivity contribution in [1.82, 2.24) is 10.2 Å². The summed E-state index contributed by atoms with van der Waals surface area (Å²) in [5.41, 5.74) is 0. The molecule has 0 radical (unpaired) electrons. The highest BCUT2D eigenvalue weighted by Gasteiger charge is 2.38. The van der Waals surface area contributed by atoms with Gasteiger partial charge in [0.2, 0.25) is 6.39 Å². The van der Waals surface area contributed by atoms with Crippen molar-refractivity contribution in [2.45, 2.75) is 19.0 Å². The number of nitrogens with zero attached hydrogens (tertiary/aromatic N) is 3. The van der Waals surface area contributed by atoms with Gasteiger partial charge in [-0.1, -0.05) is 5.10 Å². The summed E-state index contributed by atoms with van der Waals surface area (Å²) in [6.45, 7) is 2.12. The van der Waals surface area contributed by atoms with E-state index >= 15 is 0 Å². The average molecular weight is 253 g/mol. The Bertz CT molecular complexity index is 347. The summed E-state index contributed by atoms with van der Waals surface area (Å²) in [6.07, 6.45) is -1.24. The smallest absolute Gasteiger partial charge is 0.475 e. The molecule has 96 valence electrons. The maximum Gasteiger partial charge on any atom is 0.490 e. The van der Waals surface area contributed by atoms with E-state index in [1.54, 1.807) is 0 Å². The Morgan fingerprint density at radius 3 is 2.29 bits per heavy atom. The molecule has 6 nitrogen and oxygen atoms in total. The number of halogens is 3. The van der Waals surface area contributed by atoms with Crippen molar-refractivity contribution in [3.8, 4) is 0 Å². The molecule has 0 aliphatic carbocycles. The summed E-state index contributed by atoms with van der Waals surface area (Å²) in [5.74, 6) is -2.76. The van der Waals surface area contributed by atoms with E-state index in [4.69, 9.17) is 14.3 Å². The number of alkyl halides is 3. The van der Waals surface area contributed by atoms with Gasteiger partial charge in [0.05, 0.1) is 0 Å². The molecule has 1 aromatic heterocycles. The van der Waals surface area contributed by atoms with Crippen molar-refractivity contribution in [2.75, 3.05) is 18.0 Å². The molecule has 17 heavy (non-hydrogen) atoms. The molecule has 0 saturated carbocycles. The van der Waals surface area contributed by atoms with Crippen molar-refractivity contribution in [1.29, 1.82) is 0 Å². The highest BCUT2D eigenvalue weighted by atomic mass is 19.4. The van der Waals surface area contributed by atoms with Crippen LogP contribution in [0, 0.1) is 0 Å². The second-order valence-electron chi connectivity index (χ2n) is 3.22. The Morgan fingerprint density at radius 2 is 1.94 bits per heavy atom. The number of carboxylic acids is 1. The molecule has 0 atom stereocenters. The van der Waals surface area contributed by atoms with Gasteiger partial charge in [-0.25, -0.2) is 4.79 Å². The van der Waals surface area contributed by atoms with Gasteiger partial charge in [0.1, 0.15) is 0 Å². The fourth-order valence-electron chi connectivity index (χ4n) is 1.21. The number of carbonyl (C=O) groups is 1. The van der Waals surface area contributed by atoms with E-state index in [0.29, 0.717) is 6.01 Å². The lowest BCUT2D eigenvalue weighted by Gasteiger charge is -2.08. The molecular weight excluding hydrogens is 243 g/mol. The summed E-state index contributed by atoms with van der Waals surface area (Å²) in [4.78, 5) is 11.0. The number of anilines is 1. The number of hydrogen-bond acceptors (Lipinski definition) is 5. The van der Waals surface area contributed by atoms with Crippen molar-refractivity contribution in [3.63, 3.8) is 0 Å². The molecule has 1 aromatic rings. The summed E-state index contributed by atoms with van der Waals surface area (Å²) in [5, 5.41) is 14.5. The normalized spacial score (nSPS) is 15.4. The van der Waals surface area contributed by atoms with E-state index in [-0.39, 0.29) is 0 Å². The van der Waals surface area contributed by atoms with Gasteiger partial charge in [-0.2, -0.15) is 13.2 Å². The number of aromatic nitrogens is 2. The molecule has 1 saturated heterocycles. The Kier molecular flexibility index (Phi) is 4.30. The molecule has 2 heterocycles. The summed E-state index contributed by atoms with van der Waals surface area (Å²) in [7, 11) is 0. The fourth-order valence-corrected chi connectivity index (χ4v) is 1.21. The Hall–Kier alpha value is -1.80. The van der Waals surface area contributed by atoms with Gasteiger partial charge in [-0.3, -0.25) is 0 Å². The SMILES string of the molecule is O=C(O)C(F)(F)F.c1nnc(N2CCCC2)o1. The summed E-state index contributed by atoms with van der Waals surface area (Å²) in [6, 6.07) is 0.664. The summed E-state index contributed by atoms with van der Waals surface area (Å²) >= 11 is 0. The maximum atomic E-state index is 10.6. The third-order valence-corrected chi connectivity index (χ3v) is 1.97. The van der Waals surface area contributed by atoms with E-state index in [1.807, 2.05) is 0 Å². The van der Waals surface area contributed by atoms with Crippen LogP contribution in [0.1, 0.15) is 12.8 Å². The first-order valence-corrected chi connectivity index (χ1v) is 4.72. The van der Waals surface area contributed by atoms with E-state index in [9.17, 15) is 13.2 Å². The minimum atomic E-state index is -5.08. The molecule has 0 aromatic carbocycles. The van der Waals surface area contributed by atoms with E-state index in [2.05, 4.69) is 15.1 Å². The minimum absolute atomic E-state index is 0.664. The zero-order valence-electron chi connectivity index (χ0n) is 8.65. The van der Waals surface area contributed by atoms with Crippen LogP contribution in [0.25, 0.3) is 0 Å². The van der Waals surface area contributed by atoms with Crippen LogP contribution >= 0.6 is 0 Å². The van der Waals surface area contributed by atoms with E-state index in [1.165, 1.54) is 19.2 Å². The predicted octanol–water partition coefficient (Wildman–Crippen LogP) is 1.30. The molecule has 0 spiro atoms. The standard InChI is InChI=1S/C6H9N3O.C2HF3O2/c1-2-4-9(3-1)6-8-7-5-10-6;3-2(4,5)1(6)7/h5H,1-4H2;(H,6,7). The maximum absolute atomic E-state index is 10.6. The number of hydrogen-bond donors (Lipinski definition) is 1. The predicted molar refractivity (Wildman–Crippen MR) is 49.4 cm³/mol. The van der Waals surface area contributed by atoms with Crippen LogP contribution < -0.4 is 4.90 Å². The number of rotatable bonds is 1. The van der Waals surface area contributed by atoms with Crippen molar-refractivity contribution >= 4 is 12.0 Å². The van der Waals surface area contributed by atoms with Gasteiger partial charge in [0.25, 0.3) is 0 Å². The van der Waals surface area contributed by atoms with Crippen LogP contribution in [0.2, 0.25) is 0 Å². The van der Waals surface area contributed by atoms with Crippen molar-refractivity contribution in [3.05, 3.63) is 6.39 Å². The topological polar surface area (TPSA) is 79.5 Å². The molecule has 1 N–H and O–H groups in total. The van der Waals surface area contributed by atoms with E-state index < -0.39 is 12.1 Å². The largest absolute Gasteiger partial charge is 0.490 e. The fraction of sp³-hybridized carbons (Fsp3) is 0.625. The van der Waals surface area contributed by atoms with Gasteiger partial charge in [0, 0.05) is 13.1 Å². The van der Waals surface area contributed by atoms with Gasteiger partial charge >= 0.3 is 18.2 Å². The van der Waals surface area contributed by atoms with Crippen molar-refractivity contribution in [2.24, 2.45) is 0 Å². The minimum Gasteiger partial charge on any atom is -0.475 e. The first kappa shape index (κ1) is 13.3. The molecular formula is C8H10F3N3O3. The first-order valence-electron chi connectivity index (χ1n) is 4.72. The van der Waals surface area contributed by atoms with E-state index in [0.717, 1.165) is 13.1 Å². The zero-order chi connectivity index (χ0) is 12.9. The molecule has 0 unspecified atom stereocenters.